The zero-order valence-corrected chi connectivity index (χ0v) is 9.40. The molecule has 1 amide bonds. The van der Waals surface area contributed by atoms with Gasteiger partial charge in [0, 0.05) is 32.4 Å². The first-order valence-corrected chi connectivity index (χ1v) is 4.83. The van der Waals surface area contributed by atoms with Gasteiger partial charge in [-0.15, -0.1) is 0 Å². The number of amides is 1. The Hall–Kier alpha value is -1.42. The molecule has 0 aromatic carbocycles. The van der Waals surface area contributed by atoms with Crippen LogP contribution in [0.5, 0.6) is 0 Å². The van der Waals surface area contributed by atoms with Crippen LogP contribution in [-0.2, 0) is 0 Å². The molecule has 0 saturated carbocycles. The van der Waals surface area contributed by atoms with Crippen LogP contribution in [0.2, 0.25) is 0 Å². The molecule has 4 heteroatoms. The van der Waals surface area contributed by atoms with Crippen LogP contribution in [-0.4, -0.2) is 54.9 Å². The van der Waals surface area contributed by atoms with Crippen molar-refractivity contribution < 1.29 is 4.79 Å². The van der Waals surface area contributed by atoms with Crippen LogP contribution in [0.4, 0.5) is 0 Å². The molecule has 0 atom stereocenters. The summed E-state index contributed by atoms with van der Waals surface area (Å²) in [6, 6.07) is 6.16. The van der Waals surface area contributed by atoms with Crippen LogP contribution in [0.3, 0.4) is 0 Å². The number of pyridine rings is 1. The predicted octanol–water partition coefficient (Wildman–Crippen LogP) is 0.515. The van der Waals surface area contributed by atoms with Crippen LogP contribution >= 0.6 is 0 Å². The molecule has 4 nitrogen and oxygen atoms in total. The van der Waals surface area contributed by atoms with Crippen molar-refractivity contribution >= 4 is 5.91 Å². The van der Waals surface area contributed by atoms with Crippen molar-refractivity contribution in [1.82, 2.24) is 14.8 Å². The smallest absolute Gasteiger partial charge is 0.272 e. The minimum absolute atomic E-state index is 0.0501. The molecule has 0 bridgehead atoms. The second-order valence-electron chi connectivity index (χ2n) is 3.67. The van der Waals surface area contributed by atoms with Crippen molar-refractivity contribution in [3.63, 3.8) is 0 Å². The Bertz CT molecular complexity index is 311. The zero-order chi connectivity index (χ0) is 11.3. The number of nitrogens with zero attached hydrogens (tertiary/aromatic N) is 3. The van der Waals surface area contributed by atoms with E-state index in [1.54, 1.807) is 24.1 Å². The summed E-state index contributed by atoms with van der Waals surface area (Å²) < 4.78 is 0. The van der Waals surface area contributed by atoms with E-state index in [1.807, 2.05) is 19.0 Å². The molecule has 81 valence electrons. The largest absolute Gasteiger partial charge is 0.339 e. The van der Waals surface area contributed by atoms with Gasteiger partial charge < -0.3 is 9.80 Å². The van der Waals surface area contributed by atoms with E-state index < -0.39 is 0 Å². The van der Waals surface area contributed by atoms with Crippen molar-refractivity contribution in [2.24, 2.45) is 0 Å². The Balaban J connectivity index is 2.54. The van der Waals surface area contributed by atoms with Crippen LogP contribution < -0.4 is 0 Å². The molecule has 0 spiro atoms. The Morgan fingerprint density at radius 3 is 2.67 bits per heavy atom. The molecular formula is C11H16N3O. The van der Waals surface area contributed by atoms with E-state index in [9.17, 15) is 4.79 Å². The zero-order valence-electron chi connectivity index (χ0n) is 9.40. The van der Waals surface area contributed by atoms with Crippen molar-refractivity contribution in [2.45, 2.75) is 0 Å². The van der Waals surface area contributed by atoms with Gasteiger partial charge in [-0.1, -0.05) is 6.07 Å². The average molecular weight is 206 g/mol. The average Bonchev–Trinajstić information content (AvgIpc) is 2.26. The van der Waals surface area contributed by atoms with Crippen molar-refractivity contribution in [1.29, 1.82) is 0 Å². The molecule has 1 aromatic heterocycles. The maximum absolute atomic E-state index is 11.8. The first kappa shape index (κ1) is 11.7. The van der Waals surface area contributed by atoms with Crippen molar-refractivity contribution in [2.75, 3.05) is 34.2 Å². The van der Waals surface area contributed by atoms with Crippen molar-refractivity contribution in [3.8, 4) is 0 Å². The van der Waals surface area contributed by atoms with Gasteiger partial charge in [-0.25, -0.2) is 0 Å². The van der Waals surface area contributed by atoms with Gasteiger partial charge >= 0.3 is 0 Å². The van der Waals surface area contributed by atoms with E-state index in [-0.39, 0.29) is 5.91 Å². The van der Waals surface area contributed by atoms with Gasteiger partial charge in [0.05, 0.1) is 0 Å². The topological polar surface area (TPSA) is 36.4 Å². The Kier molecular flexibility index (Phi) is 4.24. The van der Waals surface area contributed by atoms with Gasteiger partial charge in [0.1, 0.15) is 5.69 Å². The van der Waals surface area contributed by atoms with E-state index in [0.717, 1.165) is 6.54 Å². The van der Waals surface area contributed by atoms with Crippen LogP contribution in [0.15, 0.2) is 18.3 Å². The summed E-state index contributed by atoms with van der Waals surface area (Å²) in [5.41, 5.74) is 0.468. The lowest BCUT2D eigenvalue weighted by atomic mass is 10.3. The first-order chi connectivity index (χ1) is 7.11. The molecule has 0 unspecified atom stereocenters. The lowest BCUT2D eigenvalue weighted by Crippen LogP contribution is -2.33. The Morgan fingerprint density at radius 2 is 2.13 bits per heavy atom. The van der Waals surface area contributed by atoms with E-state index in [2.05, 4.69) is 11.1 Å². The van der Waals surface area contributed by atoms with Crippen LogP contribution in [0.1, 0.15) is 10.5 Å². The molecule has 0 fully saturated rings. The normalized spacial score (nSPS) is 10.4. The number of carbonyl (C=O) groups excluding carboxylic acids is 1. The molecule has 0 aliphatic carbocycles. The summed E-state index contributed by atoms with van der Waals surface area (Å²) in [7, 11) is 5.74. The van der Waals surface area contributed by atoms with E-state index in [1.165, 1.54) is 6.20 Å². The predicted molar refractivity (Wildman–Crippen MR) is 58.6 cm³/mol. The highest BCUT2D eigenvalue weighted by Crippen LogP contribution is 1.98. The van der Waals surface area contributed by atoms with Crippen LogP contribution in [0.25, 0.3) is 0 Å². The third-order valence-electron chi connectivity index (χ3n) is 2.06. The third kappa shape index (κ3) is 3.67. The standard InChI is InChI=1S/C11H16N3O/c1-13(2)8-9-14(3)11(15)10-6-4-5-7-12-10/h4,6-7H,8-9H2,1-3H3. The molecule has 15 heavy (non-hydrogen) atoms. The van der Waals surface area contributed by atoms with E-state index in [0.29, 0.717) is 12.2 Å². The minimum atomic E-state index is -0.0501. The molecule has 1 heterocycles. The second kappa shape index (κ2) is 5.46. The van der Waals surface area contributed by atoms with Crippen LogP contribution in [0, 0.1) is 6.07 Å². The fourth-order valence-corrected chi connectivity index (χ4v) is 1.09. The summed E-state index contributed by atoms with van der Waals surface area (Å²) in [5.74, 6) is -0.0501. The quantitative estimate of drug-likeness (QED) is 0.720. The number of hydrogen-bond acceptors (Lipinski definition) is 3. The summed E-state index contributed by atoms with van der Waals surface area (Å²) in [4.78, 5) is 19.5. The highest BCUT2D eigenvalue weighted by molar-refractivity contribution is 5.91. The van der Waals surface area contributed by atoms with E-state index in [4.69, 9.17) is 0 Å². The number of hydrogen-bond donors (Lipinski definition) is 0. The molecule has 0 aliphatic heterocycles. The molecule has 1 radical (unpaired) electrons. The monoisotopic (exact) mass is 206 g/mol. The number of rotatable bonds is 4. The summed E-state index contributed by atoms with van der Waals surface area (Å²) in [5, 5.41) is 0. The van der Waals surface area contributed by atoms with Gasteiger partial charge in [-0.3, -0.25) is 9.78 Å². The lowest BCUT2D eigenvalue weighted by Gasteiger charge is -2.19. The number of aromatic nitrogens is 1. The number of likely N-dealkylation sites (N-methyl/N-ethyl adjacent to an activating group) is 2. The second-order valence-corrected chi connectivity index (χ2v) is 3.67. The fraction of sp³-hybridized carbons (Fsp3) is 0.455. The SMILES string of the molecule is CN(C)CCN(C)C(=O)c1cc[c]cn1. The fourth-order valence-electron chi connectivity index (χ4n) is 1.09. The molecular weight excluding hydrogens is 190 g/mol. The number of carbonyl (C=O) groups is 1. The third-order valence-corrected chi connectivity index (χ3v) is 2.06. The van der Waals surface area contributed by atoms with Gasteiger partial charge in [0.15, 0.2) is 0 Å². The Morgan fingerprint density at radius 1 is 1.40 bits per heavy atom. The molecule has 0 aliphatic rings. The summed E-state index contributed by atoms with van der Waals surface area (Å²) >= 11 is 0. The molecule has 1 rings (SSSR count). The highest BCUT2D eigenvalue weighted by Gasteiger charge is 2.11. The molecule has 0 saturated heterocycles. The molecule has 1 aromatic rings. The maximum Gasteiger partial charge on any atom is 0.272 e. The molecule has 0 N–H and O–H groups in total. The van der Waals surface area contributed by atoms with Crippen molar-refractivity contribution in [3.05, 3.63) is 30.1 Å². The highest BCUT2D eigenvalue weighted by atomic mass is 16.2. The van der Waals surface area contributed by atoms with Gasteiger partial charge in [-0.05, 0) is 20.2 Å². The summed E-state index contributed by atoms with van der Waals surface area (Å²) in [6.45, 7) is 1.55. The maximum atomic E-state index is 11.8. The lowest BCUT2D eigenvalue weighted by molar-refractivity contribution is 0.0780. The Labute approximate surface area is 90.5 Å². The first-order valence-electron chi connectivity index (χ1n) is 4.83. The van der Waals surface area contributed by atoms with Gasteiger partial charge in [0.25, 0.3) is 5.91 Å². The minimum Gasteiger partial charge on any atom is -0.339 e. The van der Waals surface area contributed by atoms with Gasteiger partial charge in [0.2, 0.25) is 0 Å². The summed E-state index contributed by atoms with van der Waals surface area (Å²) in [6.07, 6.45) is 1.51. The van der Waals surface area contributed by atoms with Gasteiger partial charge in [-0.2, -0.15) is 0 Å². The van der Waals surface area contributed by atoms with E-state index >= 15 is 0 Å².